The Labute approximate surface area is 329 Å². The Balaban J connectivity index is 1.06. The van der Waals surface area contributed by atoms with E-state index in [1.807, 2.05) is 48.5 Å². The predicted octanol–water partition coefficient (Wildman–Crippen LogP) is 15.0. The summed E-state index contributed by atoms with van der Waals surface area (Å²) in [4.78, 5) is 7.31. The van der Waals surface area contributed by atoms with Crippen LogP contribution in [-0.4, -0.2) is 4.98 Å². The molecule has 2 heterocycles. The first-order valence-electron chi connectivity index (χ1n) is 19.2. The number of oxazole rings is 1. The van der Waals surface area contributed by atoms with Gasteiger partial charge in [0.05, 0.1) is 5.56 Å². The number of anilines is 3. The van der Waals surface area contributed by atoms with Crippen LogP contribution in [0, 0.1) is 0 Å². The maximum Gasteiger partial charge on any atom is 0.227 e. The Kier molecular flexibility index (Phi) is 7.78. The van der Waals surface area contributed by atoms with E-state index in [0.717, 1.165) is 66.8 Å². The molecular weight excluding hydrogens is 697 g/mol. The molecule has 268 valence electrons. The highest BCUT2D eigenvalue weighted by molar-refractivity contribution is 6.16. The van der Waals surface area contributed by atoms with Crippen LogP contribution in [0.2, 0.25) is 0 Å². The second-order valence-electron chi connectivity index (χ2n) is 14.3. The highest BCUT2D eigenvalue weighted by Crippen LogP contribution is 2.44. The first kappa shape index (κ1) is 32.7. The smallest absolute Gasteiger partial charge is 0.227 e. The van der Waals surface area contributed by atoms with Gasteiger partial charge in [-0.05, 0) is 99.3 Å². The summed E-state index contributed by atoms with van der Waals surface area (Å²) in [5.74, 6) is 0.580. The molecule has 0 saturated heterocycles. The lowest BCUT2D eigenvalue weighted by Gasteiger charge is -2.26. The van der Waals surface area contributed by atoms with Gasteiger partial charge in [-0.3, -0.25) is 0 Å². The molecule has 9 aromatic carbocycles. The molecule has 4 heteroatoms. The van der Waals surface area contributed by atoms with E-state index in [-0.39, 0.29) is 0 Å². The van der Waals surface area contributed by atoms with Gasteiger partial charge in [0.1, 0.15) is 16.7 Å². The fraction of sp³-hybridized carbons (Fsp3) is 0. The van der Waals surface area contributed by atoms with Gasteiger partial charge in [0.2, 0.25) is 5.89 Å². The maximum absolute atomic E-state index is 6.61. The van der Waals surface area contributed by atoms with Gasteiger partial charge >= 0.3 is 0 Å². The molecule has 0 aliphatic carbocycles. The molecule has 4 nitrogen and oxygen atoms in total. The molecule has 0 atom stereocenters. The lowest BCUT2D eigenvalue weighted by molar-refractivity contribution is 0.619. The number of aromatic nitrogens is 1. The van der Waals surface area contributed by atoms with Gasteiger partial charge in [-0.25, -0.2) is 4.98 Å². The van der Waals surface area contributed by atoms with Crippen molar-refractivity contribution in [3.05, 3.63) is 206 Å². The molecular formula is C53H34N2O2. The topological polar surface area (TPSA) is 42.4 Å². The first-order chi connectivity index (χ1) is 28.2. The minimum Gasteiger partial charge on any atom is -0.455 e. The zero-order valence-corrected chi connectivity index (χ0v) is 30.8. The SMILES string of the molecule is c1ccc(-c2cccc(N(c3ccc(-c4cccc5ccccc45)cc3)c3ccc(-c4c5oc(-c6ccccc6)nc5cc5c4oc4ccccc45)cc3)c2)cc1. The van der Waals surface area contributed by atoms with Gasteiger partial charge in [0.15, 0.2) is 5.58 Å². The number of nitrogens with zero attached hydrogens (tertiary/aromatic N) is 2. The van der Waals surface area contributed by atoms with Crippen molar-refractivity contribution >= 4 is 60.9 Å². The van der Waals surface area contributed by atoms with Crippen molar-refractivity contribution in [1.29, 1.82) is 0 Å². The molecule has 57 heavy (non-hydrogen) atoms. The fourth-order valence-corrected chi connectivity index (χ4v) is 8.16. The van der Waals surface area contributed by atoms with Crippen LogP contribution in [0.5, 0.6) is 0 Å². The van der Waals surface area contributed by atoms with Crippen LogP contribution in [0.3, 0.4) is 0 Å². The highest BCUT2D eigenvalue weighted by Gasteiger charge is 2.22. The minimum absolute atomic E-state index is 0.580. The summed E-state index contributed by atoms with van der Waals surface area (Å²) in [6, 6.07) is 72.3. The number of furan rings is 1. The van der Waals surface area contributed by atoms with Crippen molar-refractivity contribution in [2.24, 2.45) is 0 Å². The van der Waals surface area contributed by atoms with E-state index in [4.69, 9.17) is 13.8 Å². The second-order valence-corrected chi connectivity index (χ2v) is 14.3. The molecule has 0 aliphatic rings. The fourth-order valence-electron chi connectivity index (χ4n) is 8.16. The number of para-hydroxylation sites is 1. The number of hydrogen-bond acceptors (Lipinski definition) is 4. The zero-order chi connectivity index (χ0) is 37.7. The summed E-state index contributed by atoms with van der Waals surface area (Å²) in [6.07, 6.45) is 0. The lowest BCUT2D eigenvalue weighted by Crippen LogP contribution is -2.10. The Morgan fingerprint density at radius 2 is 0.982 bits per heavy atom. The van der Waals surface area contributed by atoms with Crippen molar-refractivity contribution in [3.8, 4) is 44.8 Å². The molecule has 0 saturated carbocycles. The lowest BCUT2D eigenvalue weighted by atomic mass is 9.98. The third-order valence-electron chi connectivity index (χ3n) is 10.9. The van der Waals surface area contributed by atoms with Gasteiger partial charge in [0.25, 0.3) is 0 Å². The molecule has 0 radical (unpaired) electrons. The third-order valence-corrected chi connectivity index (χ3v) is 10.9. The van der Waals surface area contributed by atoms with E-state index < -0.39 is 0 Å². The zero-order valence-electron chi connectivity index (χ0n) is 30.8. The molecule has 11 aromatic rings. The quantitative estimate of drug-likeness (QED) is 0.164. The highest BCUT2D eigenvalue weighted by atomic mass is 16.4. The van der Waals surface area contributed by atoms with Crippen LogP contribution >= 0.6 is 0 Å². The summed E-state index contributed by atoms with van der Waals surface area (Å²) >= 11 is 0. The molecule has 0 unspecified atom stereocenters. The number of rotatable bonds is 7. The van der Waals surface area contributed by atoms with E-state index in [1.54, 1.807) is 0 Å². The Hall–Kier alpha value is -7.69. The molecule has 0 amide bonds. The average molecular weight is 731 g/mol. The van der Waals surface area contributed by atoms with E-state index >= 15 is 0 Å². The van der Waals surface area contributed by atoms with Crippen molar-refractivity contribution in [1.82, 2.24) is 4.98 Å². The van der Waals surface area contributed by atoms with Gasteiger partial charge in [-0.2, -0.15) is 0 Å². The van der Waals surface area contributed by atoms with E-state index in [9.17, 15) is 0 Å². The van der Waals surface area contributed by atoms with Crippen molar-refractivity contribution in [3.63, 3.8) is 0 Å². The Bertz CT molecular complexity index is 3210. The van der Waals surface area contributed by atoms with Gasteiger partial charge in [-0.1, -0.05) is 146 Å². The molecule has 0 bridgehead atoms. The maximum atomic E-state index is 6.61. The van der Waals surface area contributed by atoms with Crippen LogP contribution in [0.15, 0.2) is 215 Å². The van der Waals surface area contributed by atoms with Crippen molar-refractivity contribution in [2.75, 3.05) is 4.90 Å². The van der Waals surface area contributed by atoms with E-state index in [0.29, 0.717) is 11.5 Å². The number of benzene rings is 9. The van der Waals surface area contributed by atoms with Crippen molar-refractivity contribution < 1.29 is 8.83 Å². The molecule has 0 fully saturated rings. The molecule has 2 aromatic heterocycles. The van der Waals surface area contributed by atoms with Crippen LogP contribution in [0.4, 0.5) is 17.1 Å². The van der Waals surface area contributed by atoms with E-state index in [2.05, 4.69) is 163 Å². The normalized spacial score (nSPS) is 11.5. The largest absolute Gasteiger partial charge is 0.455 e. The first-order valence-corrected chi connectivity index (χ1v) is 19.2. The summed E-state index contributed by atoms with van der Waals surface area (Å²) in [5, 5.41) is 4.53. The van der Waals surface area contributed by atoms with Gasteiger partial charge < -0.3 is 13.7 Å². The number of fused-ring (bicyclic) bond motifs is 5. The summed E-state index contributed by atoms with van der Waals surface area (Å²) < 4.78 is 13.2. The Morgan fingerprint density at radius 3 is 1.75 bits per heavy atom. The van der Waals surface area contributed by atoms with Crippen LogP contribution < -0.4 is 4.90 Å². The molecule has 0 N–H and O–H groups in total. The van der Waals surface area contributed by atoms with E-state index in [1.165, 1.54) is 27.5 Å². The Morgan fingerprint density at radius 1 is 0.368 bits per heavy atom. The van der Waals surface area contributed by atoms with Crippen molar-refractivity contribution in [2.45, 2.75) is 0 Å². The molecule has 0 aliphatic heterocycles. The van der Waals surface area contributed by atoms with Gasteiger partial charge in [-0.15, -0.1) is 0 Å². The molecule has 0 spiro atoms. The summed E-state index contributed by atoms with van der Waals surface area (Å²) in [6.45, 7) is 0. The third kappa shape index (κ3) is 5.74. The second kappa shape index (κ2) is 13.6. The monoisotopic (exact) mass is 730 g/mol. The van der Waals surface area contributed by atoms with Crippen LogP contribution in [0.1, 0.15) is 0 Å². The average Bonchev–Trinajstić information content (AvgIpc) is 3.88. The van der Waals surface area contributed by atoms with Crippen LogP contribution in [-0.2, 0) is 0 Å². The summed E-state index contributed by atoms with van der Waals surface area (Å²) in [7, 11) is 0. The van der Waals surface area contributed by atoms with Crippen LogP contribution in [0.25, 0.3) is 88.6 Å². The number of hydrogen-bond donors (Lipinski definition) is 0. The summed E-state index contributed by atoms with van der Waals surface area (Å²) in [5.41, 5.74) is 13.8. The molecule has 11 rings (SSSR count). The predicted molar refractivity (Wildman–Crippen MR) is 235 cm³/mol. The standard InChI is InChI=1S/C53H34N2O2/c1-3-13-35(14-4-1)40-19-11-20-43(33-40)55(41-29-25-37(26-30-41)45-23-12-18-36-15-7-8-21-44(36)45)42-31-27-38(28-32-42)50-51-47(46-22-9-10-24-49(46)56-51)34-48-52(50)57-53(54-48)39-16-5-2-6-17-39/h1-34H. The van der Waals surface area contributed by atoms with Gasteiger partial charge in [0, 0.05) is 33.4 Å². The minimum atomic E-state index is 0.580.